The molecule has 4 nitrogen and oxygen atoms in total. The zero-order valence-corrected chi connectivity index (χ0v) is 11.1. The van der Waals surface area contributed by atoms with Crippen molar-refractivity contribution in [2.75, 3.05) is 32.5 Å². The third kappa shape index (κ3) is 3.31. The van der Waals surface area contributed by atoms with Crippen molar-refractivity contribution < 1.29 is 4.79 Å². The van der Waals surface area contributed by atoms with Crippen molar-refractivity contribution in [3.05, 3.63) is 29.3 Å². The van der Waals surface area contributed by atoms with Crippen molar-refractivity contribution in [3.8, 4) is 0 Å². The van der Waals surface area contributed by atoms with Crippen LogP contribution in [0.4, 0.5) is 5.69 Å². The Balaban J connectivity index is 2.03. The van der Waals surface area contributed by atoms with Crippen molar-refractivity contribution in [2.24, 2.45) is 0 Å². The molecular weight excluding hydrogens is 226 g/mol. The number of benzene rings is 1. The van der Waals surface area contributed by atoms with Gasteiger partial charge in [-0.15, -0.1) is 0 Å². The number of fused-ring (bicyclic) bond motifs is 1. The minimum atomic E-state index is 0.0932. The Morgan fingerprint density at radius 3 is 3.06 bits per heavy atom. The van der Waals surface area contributed by atoms with E-state index in [1.165, 1.54) is 11.1 Å². The smallest absolute Gasteiger partial charge is 0.225 e. The molecule has 1 aliphatic rings. The fraction of sp³-hybridized carbons (Fsp3) is 0.500. The lowest BCUT2D eigenvalue weighted by atomic mass is 9.99. The van der Waals surface area contributed by atoms with Crippen LogP contribution in [-0.4, -0.2) is 38.0 Å². The summed E-state index contributed by atoms with van der Waals surface area (Å²) in [4.78, 5) is 13.9. The Morgan fingerprint density at radius 1 is 1.44 bits per heavy atom. The zero-order valence-electron chi connectivity index (χ0n) is 11.1. The summed E-state index contributed by atoms with van der Waals surface area (Å²) in [6.07, 6.45) is 1.52. The summed E-state index contributed by atoms with van der Waals surface area (Å²) in [7, 11) is 3.95. The van der Waals surface area contributed by atoms with E-state index in [-0.39, 0.29) is 5.91 Å². The Hall–Kier alpha value is -1.39. The SMILES string of the molecule is CN(C)CCC(=O)Nc1cccc2c1CCNC2. The Kier molecular flexibility index (Phi) is 4.33. The van der Waals surface area contributed by atoms with E-state index < -0.39 is 0 Å². The largest absolute Gasteiger partial charge is 0.326 e. The van der Waals surface area contributed by atoms with E-state index >= 15 is 0 Å². The Labute approximate surface area is 108 Å². The van der Waals surface area contributed by atoms with Gasteiger partial charge in [-0.25, -0.2) is 0 Å². The van der Waals surface area contributed by atoms with E-state index in [2.05, 4.69) is 16.7 Å². The van der Waals surface area contributed by atoms with Crippen LogP contribution in [0.2, 0.25) is 0 Å². The molecule has 4 heteroatoms. The number of carbonyl (C=O) groups excluding carboxylic acids is 1. The van der Waals surface area contributed by atoms with Crippen LogP contribution in [0.25, 0.3) is 0 Å². The second kappa shape index (κ2) is 5.98. The molecule has 1 amide bonds. The Bertz CT molecular complexity index is 429. The van der Waals surface area contributed by atoms with Gasteiger partial charge >= 0.3 is 0 Å². The van der Waals surface area contributed by atoms with Crippen molar-refractivity contribution in [1.82, 2.24) is 10.2 Å². The summed E-state index contributed by atoms with van der Waals surface area (Å²) in [5.74, 6) is 0.0932. The minimum absolute atomic E-state index is 0.0932. The summed E-state index contributed by atoms with van der Waals surface area (Å²) in [6, 6.07) is 6.13. The lowest BCUT2D eigenvalue weighted by Crippen LogP contribution is -2.26. The molecule has 2 N–H and O–H groups in total. The van der Waals surface area contributed by atoms with Gasteiger partial charge in [0.25, 0.3) is 0 Å². The average Bonchev–Trinajstić information content (AvgIpc) is 2.37. The van der Waals surface area contributed by atoms with Gasteiger partial charge in [-0.1, -0.05) is 12.1 Å². The highest BCUT2D eigenvalue weighted by Gasteiger charge is 2.13. The molecule has 0 saturated carbocycles. The molecule has 0 aliphatic carbocycles. The predicted octanol–water partition coefficient (Wildman–Crippen LogP) is 1.22. The van der Waals surface area contributed by atoms with Gasteiger partial charge in [0.05, 0.1) is 0 Å². The lowest BCUT2D eigenvalue weighted by Gasteiger charge is -2.20. The number of nitrogens with one attached hydrogen (secondary N) is 2. The molecule has 0 bridgehead atoms. The average molecular weight is 247 g/mol. The summed E-state index contributed by atoms with van der Waals surface area (Å²) >= 11 is 0. The molecule has 1 aromatic carbocycles. The molecule has 98 valence electrons. The number of hydrogen-bond acceptors (Lipinski definition) is 3. The van der Waals surface area contributed by atoms with Crippen LogP contribution in [0.5, 0.6) is 0 Å². The van der Waals surface area contributed by atoms with Gasteiger partial charge in [0.15, 0.2) is 0 Å². The summed E-state index contributed by atoms with van der Waals surface area (Å²) in [6.45, 7) is 2.66. The molecule has 0 fully saturated rings. The maximum atomic E-state index is 11.8. The zero-order chi connectivity index (χ0) is 13.0. The van der Waals surface area contributed by atoms with Gasteiger partial charge < -0.3 is 15.5 Å². The second-order valence-electron chi connectivity index (χ2n) is 4.97. The number of anilines is 1. The van der Waals surface area contributed by atoms with Crippen LogP contribution in [-0.2, 0) is 17.8 Å². The fourth-order valence-electron chi connectivity index (χ4n) is 2.19. The summed E-state index contributed by atoms with van der Waals surface area (Å²) in [5.41, 5.74) is 3.57. The number of nitrogens with zero attached hydrogens (tertiary/aromatic N) is 1. The van der Waals surface area contributed by atoms with Crippen LogP contribution in [0.15, 0.2) is 18.2 Å². The standard InChI is InChI=1S/C14H21N3O/c1-17(2)9-7-14(18)16-13-5-3-4-11-10-15-8-6-12(11)13/h3-5,15H,6-10H2,1-2H3,(H,16,18). The highest BCUT2D eigenvalue weighted by molar-refractivity contribution is 5.91. The Morgan fingerprint density at radius 2 is 2.28 bits per heavy atom. The van der Waals surface area contributed by atoms with Gasteiger partial charge in [-0.05, 0) is 44.3 Å². The van der Waals surface area contributed by atoms with Crippen LogP contribution < -0.4 is 10.6 Å². The maximum absolute atomic E-state index is 11.8. The maximum Gasteiger partial charge on any atom is 0.225 e. The minimum Gasteiger partial charge on any atom is -0.326 e. The van der Waals surface area contributed by atoms with E-state index in [9.17, 15) is 4.79 Å². The predicted molar refractivity (Wildman–Crippen MR) is 73.7 cm³/mol. The molecule has 1 aliphatic heterocycles. The fourth-order valence-corrected chi connectivity index (χ4v) is 2.19. The van der Waals surface area contributed by atoms with Crippen molar-refractivity contribution in [1.29, 1.82) is 0 Å². The molecule has 0 saturated heterocycles. The number of rotatable bonds is 4. The van der Waals surface area contributed by atoms with Crippen LogP contribution in [0.1, 0.15) is 17.5 Å². The highest BCUT2D eigenvalue weighted by Crippen LogP contribution is 2.23. The van der Waals surface area contributed by atoms with Gasteiger partial charge in [0.1, 0.15) is 0 Å². The van der Waals surface area contributed by atoms with Gasteiger partial charge in [0, 0.05) is 25.2 Å². The van der Waals surface area contributed by atoms with E-state index in [0.29, 0.717) is 6.42 Å². The van der Waals surface area contributed by atoms with E-state index in [1.807, 2.05) is 31.1 Å². The molecule has 18 heavy (non-hydrogen) atoms. The van der Waals surface area contributed by atoms with E-state index in [1.54, 1.807) is 0 Å². The first-order valence-electron chi connectivity index (χ1n) is 6.43. The topological polar surface area (TPSA) is 44.4 Å². The number of hydrogen-bond donors (Lipinski definition) is 2. The second-order valence-corrected chi connectivity index (χ2v) is 4.97. The van der Waals surface area contributed by atoms with Gasteiger partial charge in [-0.2, -0.15) is 0 Å². The molecule has 2 rings (SSSR count). The van der Waals surface area contributed by atoms with E-state index in [0.717, 1.165) is 31.7 Å². The molecule has 0 spiro atoms. The molecule has 0 atom stereocenters. The summed E-state index contributed by atoms with van der Waals surface area (Å²) < 4.78 is 0. The molecular formula is C14H21N3O. The first kappa shape index (κ1) is 13.1. The molecule has 0 unspecified atom stereocenters. The first-order chi connectivity index (χ1) is 8.66. The third-order valence-electron chi connectivity index (χ3n) is 3.20. The van der Waals surface area contributed by atoms with Crippen molar-refractivity contribution >= 4 is 11.6 Å². The van der Waals surface area contributed by atoms with Crippen molar-refractivity contribution in [2.45, 2.75) is 19.4 Å². The van der Waals surface area contributed by atoms with Gasteiger partial charge in [0.2, 0.25) is 5.91 Å². The van der Waals surface area contributed by atoms with E-state index in [4.69, 9.17) is 0 Å². The van der Waals surface area contributed by atoms with Crippen LogP contribution >= 0.6 is 0 Å². The first-order valence-corrected chi connectivity index (χ1v) is 6.43. The molecule has 1 heterocycles. The van der Waals surface area contributed by atoms with Gasteiger partial charge in [-0.3, -0.25) is 4.79 Å². The monoisotopic (exact) mass is 247 g/mol. The molecule has 0 radical (unpaired) electrons. The quantitative estimate of drug-likeness (QED) is 0.841. The molecule has 1 aromatic rings. The van der Waals surface area contributed by atoms with Crippen molar-refractivity contribution in [3.63, 3.8) is 0 Å². The summed E-state index contributed by atoms with van der Waals surface area (Å²) in [5, 5.41) is 6.37. The van der Waals surface area contributed by atoms with Crippen LogP contribution in [0, 0.1) is 0 Å². The molecule has 0 aromatic heterocycles. The highest BCUT2D eigenvalue weighted by atomic mass is 16.1. The van der Waals surface area contributed by atoms with Crippen LogP contribution in [0.3, 0.4) is 0 Å². The number of carbonyl (C=O) groups is 1. The normalized spacial score (nSPS) is 14.4. The third-order valence-corrected chi connectivity index (χ3v) is 3.20. The lowest BCUT2D eigenvalue weighted by molar-refractivity contribution is -0.116. The number of amides is 1.